The maximum absolute atomic E-state index is 13.1. The summed E-state index contributed by atoms with van der Waals surface area (Å²) in [5.74, 6) is -0.545. The standard InChI is InChI=1S/C22H24N4O3/c1-5-20(28)25(4)21-22(29)26(18-9-7-6-8-17(18)24-21)13-19(27)23-16-11-10-14(2)12-15(16)3/h6-12H,5,13H2,1-4H3,(H,23,27). The third kappa shape index (κ3) is 4.18. The first-order valence-corrected chi connectivity index (χ1v) is 9.45. The summed E-state index contributed by atoms with van der Waals surface area (Å²) in [4.78, 5) is 43.5. The summed E-state index contributed by atoms with van der Waals surface area (Å²) in [7, 11) is 1.52. The van der Waals surface area contributed by atoms with Gasteiger partial charge in [0.25, 0.3) is 5.56 Å². The first kappa shape index (κ1) is 20.3. The van der Waals surface area contributed by atoms with Crippen molar-refractivity contribution in [1.29, 1.82) is 0 Å². The Hall–Kier alpha value is -3.48. The summed E-state index contributed by atoms with van der Waals surface area (Å²) >= 11 is 0. The van der Waals surface area contributed by atoms with E-state index in [0.29, 0.717) is 16.7 Å². The molecular weight excluding hydrogens is 368 g/mol. The number of fused-ring (bicyclic) bond motifs is 1. The van der Waals surface area contributed by atoms with E-state index in [1.807, 2.05) is 32.0 Å². The molecule has 0 spiro atoms. The maximum Gasteiger partial charge on any atom is 0.294 e. The number of aryl methyl sites for hydroxylation is 2. The van der Waals surface area contributed by atoms with Crippen molar-refractivity contribution in [1.82, 2.24) is 9.55 Å². The lowest BCUT2D eigenvalue weighted by Gasteiger charge is -2.18. The normalized spacial score (nSPS) is 10.8. The van der Waals surface area contributed by atoms with Gasteiger partial charge in [0.2, 0.25) is 17.6 Å². The van der Waals surface area contributed by atoms with Crippen LogP contribution in [0.15, 0.2) is 47.3 Å². The Balaban J connectivity index is 2.01. The summed E-state index contributed by atoms with van der Waals surface area (Å²) < 4.78 is 1.36. The lowest BCUT2D eigenvalue weighted by atomic mass is 10.1. The Morgan fingerprint density at radius 2 is 1.86 bits per heavy atom. The van der Waals surface area contributed by atoms with Crippen molar-refractivity contribution in [2.75, 3.05) is 17.3 Å². The van der Waals surface area contributed by atoms with E-state index in [4.69, 9.17) is 0 Å². The van der Waals surface area contributed by atoms with Gasteiger partial charge in [0.15, 0.2) is 0 Å². The van der Waals surface area contributed by atoms with Crippen molar-refractivity contribution in [2.45, 2.75) is 33.7 Å². The fraction of sp³-hybridized carbons (Fsp3) is 0.273. The quantitative estimate of drug-likeness (QED) is 0.723. The van der Waals surface area contributed by atoms with Crippen molar-refractivity contribution in [3.63, 3.8) is 0 Å². The van der Waals surface area contributed by atoms with Gasteiger partial charge in [-0.3, -0.25) is 23.9 Å². The highest BCUT2D eigenvalue weighted by Crippen LogP contribution is 2.17. The number of rotatable bonds is 5. The van der Waals surface area contributed by atoms with E-state index >= 15 is 0 Å². The highest BCUT2D eigenvalue weighted by molar-refractivity contribution is 5.94. The molecule has 0 aliphatic carbocycles. The second-order valence-corrected chi connectivity index (χ2v) is 6.99. The minimum absolute atomic E-state index is 0.00914. The molecular formula is C22H24N4O3. The highest BCUT2D eigenvalue weighted by atomic mass is 16.2. The van der Waals surface area contributed by atoms with E-state index in [1.54, 1.807) is 31.2 Å². The summed E-state index contributed by atoms with van der Waals surface area (Å²) in [5, 5.41) is 2.86. The Bertz CT molecular complexity index is 1150. The second-order valence-electron chi connectivity index (χ2n) is 6.99. The Morgan fingerprint density at radius 1 is 1.14 bits per heavy atom. The highest BCUT2D eigenvalue weighted by Gasteiger charge is 2.19. The molecule has 1 aromatic heterocycles. The van der Waals surface area contributed by atoms with Gasteiger partial charge in [-0.05, 0) is 37.6 Å². The average molecular weight is 392 g/mol. The zero-order chi connectivity index (χ0) is 21.1. The number of anilines is 2. The van der Waals surface area contributed by atoms with E-state index in [9.17, 15) is 14.4 Å². The van der Waals surface area contributed by atoms with Crippen molar-refractivity contribution in [3.8, 4) is 0 Å². The van der Waals surface area contributed by atoms with Crippen LogP contribution in [0.1, 0.15) is 24.5 Å². The van der Waals surface area contributed by atoms with Crippen LogP contribution in [0, 0.1) is 13.8 Å². The van der Waals surface area contributed by atoms with Gasteiger partial charge in [0.05, 0.1) is 11.0 Å². The molecule has 2 amide bonds. The molecule has 0 atom stereocenters. The fourth-order valence-electron chi connectivity index (χ4n) is 3.20. The molecule has 0 bridgehead atoms. The molecule has 3 rings (SSSR count). The largest absolute Gasteiger partial charge is 0.324 e. The van der Waals surface area contributed by atoms with Gasteiger partial charge in [0.1, 0.15) is 6.54 Å². The number of para-hydroxylation sites is 2. The number of benzene rings is 2. The number of amides is 2. The fourth-order valence-corrected chi connectivity index (χ4v) is 3.20. The summed E-state index contributed by atoms with van der Waals surface area (Å²) in [6.45, 7) is 5.43. The van der Waals surface area contributed by atoms with Crippen LogP contribution in [0.2, 0.25) is 0 Å². The molecule has 0 aliphatic heterocycles. The number of hydrogen-bond donors (Lipinski definition) is 1. The molecule has 150 valence electrons. The minimum Gasteiger partial charge on any atom is -0.324 e. The van der Waals surface area contributed by atoms with Crippen LogP contribution in [0.25, 0.3) is 11.0 Å². The van der Waals surface area contributed by atoms with Crippen LogP contribution < -0.4 is 15.8 Å². The molecule has 0 aliphatic rings. The second kappa shape index (κ2) is 8.26. The van der Waals surface area contributed by atoms with Crippen molar-refractivity contribution >= 4 is 34.4 Å². The molecule has 7 nitrogen and oxygen atoms in total. The SMILES string of the molecule is CCC(=O)N(C)c1nc2ccccc2n(CC(=O)Nc2ccc(C)cc2C)c1=O. The molecule has 0 saturated heterocycles. The van der Waals surface area contributed by atoms with Crippen LogP contribution in [-0.2, 0) is 16.1 Å². The first-order valence-electron chi connectivity index (χ1n) is 9.45. The molecule has 2 aromatic carbocycles. The molecule has 3 aromatic rings. The molecule has 29 heavy (non-hydrogen) atoms. The zero-order valence-electron chi connectivity index (χ0n) is 17.0. The summed E-state index contributed by atoms with van der Waals surface area (Å²) in [5.41, 5.74) is 3.34. The predicted octanol–water partition coefficient (Wildman–Crippen LogP) is 3.02. The monoisotopic (exact) mass is 392 g/mol. The maximum atomic E-state index is 13.1. The molecule has 0 fully saturated rings. The lowest BCUT2D eigenvalue weighted by Crippen LogP contribution is -2.36. The number of nitrogens with one attached hydrogen (secondary N) is 1. The third-order valence-corrected chi connectivity index (χ3v) is 4.79. The topological polar surface area (TPSA) is 84.3 Å². The van der Waals surface area contributed by atoms with Gasteiger partial charge in [-0.25, -0.2) is 4.98 Å². The van der Waals surface area contributed by atoms with E-state index in [0.717, 1.165) is 11.1 Å². The average Bonchev–Trinajstić information content (AvgIpc) is 2.70. The van der Waals surface area contributed by atoms with Crippen molar-refractivity contribution in [3.05, 3.63) is 63.9 Å². The molecule has 1 N–H and O–H groups in total. The van der Waals surface area contributed by atoms with Crippen LogP contribution in [0.3, 0.4) is 0 Å². The number of nitrogens with zero attached hydrogens (tertiary/aromatic N) is 3. The third-order valence-electron chi connectivity index (χ3n) is 4.79. The lowest BCUT2D eigenvalue weighted by molar-refractivity contribution is -0.118. The molecule has 0 radical (unpaired) electrons. The van der Waals surface area contributed by atoms with Crippen LogP contribution in [0.4, 0.5) is 11.5 Å². The van der Waals surface area contributed by atoms with E-state index in [1.165, 1.54) is 16.5 Å². The van der Waals surface area contributed by atoms with Crippen LogP contribution in [-0.4, -0.2) is 28.4 Å². The Morgan fingerprint density at radius 3 is 2.55 bits per heavy atom. The van der Waals surface area contributed by atoms with Gasteiger partial charge in [-0.15, -0.1) is 0 Å². The van der Waals surface area contributed by atoms with E-state index in [2.05, 4.69) is 10.3 Å². The molecule has 0 unspecified atom stereocenters. The van der Waals surface area contributed by atoms with E-state index < -0.39 is 5.56 Å². The minimum atomic E-state index is -0.483. The Kier molecular flexibility index (Phi) is 5.77. The van der Waals surface area contributed by atoms with Gasteiger partial charge in [-0.1, -0.05) is 36.8 Å². The zero-order valence-corrected chi connectivity index (χ0v) is 17.0. The van der Waals surface area contributed by atoms with Crippen LogP contribution in [0.5, 0.6) is 0 Å². The van der Waals surface area contributed by atoms with Crippen molar-refractivity contribution < 1.29 is 9.59 Å². The number of carbonyl (C=O) groups excluding carboxylic acids is 2. The Labute approximate surface area is 169 Å². The smallest absolute Gasteiger partial charge is 0.294 e. The first-order chi connectivity index (χ1) is 13.8. The number of aromatic nitrogens is 2. The summed E-state index contributed by atoms with van der Waals surface area (Å²) in [6, 6.07) is 12.8. The van der Waals surface area contributed by atoms with Gasteiger partial charge < -0.3 is 5.32 Å². The predicted molar refractivity (Wildman–Crippen MR) is 114 cm³/mol. The van der Waals surface area contributed by atoms with E-state index in [-0.39, 0.29) is 30.6 Å². The van der Waals surface area contributed by atoms with Gasteiger partial charge in [0, 0.05) is 19.2 Å². The molecule has 0 saturated carbocycles. The summed E-state index contributed by atoms with van der Waals surface area (Å²) in [6.07, 6.45) is 0.248. The number of hydrogen-bond acceptors (Lipinski definition) is 4. The van der Waals surface area contributed by atoms with Crippen molar-refractivity contribution in [2.24, 2.45) is 0 Å². The molecule has 1 heterocycles. The van der Waals surface area contributed by atoms with Gasteiger partial charge >= 0.3 is 0 Å². The van der Waals surface area contributed by atoms with Crippen LogP contribution >= 0.6 is 0 Å². The van der Waals surface area contributed by atoms with Gasteiger partial charge in [-0.2, -0.15) is 0 Å². The molecule has 7 heteroatoms. The number of carbonyl (C=O) groups is 2.